The van der Waals surface area contributed by atoms with Gasteiger partial charge < -0.3 is 4.90 Å². The van der Waals surface area contributed by atoms with Crippen LogP contribution in [0, 0.1) is 0 Å². The van der Waals surface area contributed by atoms with E-state index in [0.717, 1.165) is 11.3 Å². The Balaban J connectivity index is 2.42. The molecule has 2 aromatic carbocycles. The molecule has 0 saturated carbocycles. The van der Waals surface area contributed by atoms with Crippen molar-refractivity contribution in [3.63, 3.8) is 0 Å². The van der Waals surface area contributed by atoms with Crippen LogP contribution in [0.3, 0.4) is 0 Å². The van der Waals surface area contributed by atoms with Gasteiger partial charge in [-0.1, -0.05) is 53.6 Å². The summed E-state index contributed by atoms with van der Waals surface area (Å²) in [6.07, 6.45) is 0. The molecule has 1 nitrogen and oxygen atoms in total. The van der Waals surface area contributed by atoms with Crippen LogP contribution in [0.5, 0.6) is 0 Å². The van der Waals surface area contributed by atoms with E-state index < -0.39 is 0 Å². The molecule has 0 aliphatic carbocycles. The van der Waals surface area contributed by atoms with Crippen molar-refractivity contribution in [1.82, 2.24) is 0 Å². The fourth-order valence-electron chi connectivity index (χ4n) is 2.03. The molecule has 0 unspecified atom stereocenters. The molecule has 2 rings (SSSR count). The largest absolute Gasteiger partial charge is 0.330 e. The van der Waals surface area contributed by atoms with E-state index in [1.54, 1.807) is 12.1 Å². The number of thiocarbonyl (C=S) groups is 1. The zero-order valence-corrected chi connectivity index (χ0v) is 13.6. The topological polar surface area (TPSA) is 3.24 Å². The van der Waals surface area contributed by atoms with E-state index in [0.29, 0.717) is 15.0 Å². The Bertz CT molecular complexity index is 611. The highest BCUT2D eigenvalue weighted by Gasteiger charge is 2.19. The second-order valence-electron chi connectivity index (χ2n) is 4.73. The lowest BCUT2D eigenvalue weighted by molar-refractivity contribution is 0.813. The number of hydrogen-bond donors (Lipinski definition) is 0. The first kappa shape index (κ1) is 15.3. The monoisotopic (exact) mass is 323 g/mol. The summed E-state index contributed by atoms with van der Waals surface area (Å²) in [6, 6.07) is 15.7. The van der Waals surface area contributed by atoms with Crippen LogP contribution in [-0.2, 0) is 0 Å². The van der Waals surface area contributed by atoms with E-state index in [2.05, 4.69) is 18.7 Å². The van der Waals surface area contributed by atoms with Crippen molar-refractivity contribution >= 4 is 46.1 Å². The van der Waals surface area contributed by atoms with Gasteiger partial charge in [0.1, 0.15) is 4.99 Å². The molecule has 0 aliphatic rings. The van der Waals surface area contributed by atoms with Crippen molar-refractivity contribution in [3.8, 4) is 0 Å². The summed E-state index contributed by atoms with van der Waals surface area (Å²) >= 11 is 17.8. The molecule has 2 aromatic rings. The number of halogens is 2. The van der Waals surface area contributed by atoms with E-state index >= 15 is 0 Å². The van der Waals surface area contributed by atoms with Crippen LogP contribution in [0.25, 0.3) is 0 Å². The van der Waals surface area contributed by atoms with Gasteiger partial charge in [0.2, 0.25) is 0 Å². The fraction of sp³-hybridized carbons (Fsp3) is 0.188. The molecule has 0 saturated heterocycles. The zero-order valence-electron chi connectivity index (χ0n) is 11.3. The molecule has 0 fully saturated rings. The molecule has 0 bridgehead atoms. The van der Waals surface area contributed by atoms with Crippen molar-refractivity contribution < 1.29 is 0 Å². The van der Waals surface area contributed by atoms with Gasteiger partial charge in [-0.3, -0.25) is 0 Å². The minimum Gasteiger partial charge on any atom is -0.330 e. The second kappa shape index (κ2) is 6.57. The van der Waals surface area contributed by atoms with Gasteiger partial charge in [0.05, 0.1) is 5.02 Å². The third-order valence-corrected chi connectivity index (χ3v) is 3.90. The zero-order chi connectivity index (χ0) is 14.7. The predicted octanol–water partition coefficient (Wildman–Crippen LogP) is 5.58. The Labute approximate surface area is 135 Å². The number of para-hydroxylation sites is 1. The third-order valence-electron chi connectivity index (χ3n) is 2.93. The fourth-order valence-corrected chi connectivity index (χ4v) is 3.08. The molecule has 0 amide bonds. The summed E-state index contributed by atoms with van der Waals surface area (Å²) in [7, 11) is 0. The van der Waals surface area contributed by atoms with E-state index in [-0.39, 0.29) is 6.04 Å². The first-order valence-electron chi connectivity index (χ1n) is 6.34. The third kappa shape index (κ3) is 3.32. The Morgan fingerprint density at radius 1 is 1.05 bits per heavy atom. The van der Waals surface area contributed by atoms with Crippen molar-refractivity contribution in [2.24, 2.45) is 0 Å². The maximum atomic E-state index is 6.26. The summed E-state index contributed by atoms with van der Waals surface area (Å²) in [5.74, 6) is 0. The van der Waals surface area contributed by atoms with Crippen molar-refractivity contribution in [2.75, 3.05) is 4.90 Å². The minimum atomic E-state index is 0.233. The number of hydrogen-bond acceptors (Lipinski definition) is 1. The van der Waals surface area contributed by atoms with Gasteiger partial charge in [-0.15, -0.1) is 0 Å². The highest BCUT2D eigenvalue weighted by atomic mass is 35.5. The molecule has 0 N–H and O–H groups in total. The Hall–Kier alpha value is -1.09. The average molecular weight is 324 g/mol. The highest BCUT2D eigenvalue weighted by molar-refractivity contribution is 7.81. The normalized spacial score (nSPS) is 10.7. The van der Waals surface area contributed by atoms with E-state index in [1.165, 1.54) is 0 Å². The SMILES string of the molecule is CC(C)N(C(=S)c1ccc(Cl)cc1Cl)c1ccccc1. The first-order valence-corrected chi connectivity index (χ1v) is 7.51. The first-order chi connectivity index (χ1) is 9.50. The maximum absolute atomic E-state index is 6.26. The Morgan fingerprint density at radius 2 is 1.70 bits per heavy atom. The Morgan fingerprint density at radius 3 is 2.25 bits per heavy atom. The molecule has 20 heavy (non-hydrogen) atoms. The van der Waals surface area contributed by atoms with Gasteiger partial charge in [0, 0.05) is 22.3 Å². The van der Waals surface area contributed by atoms with Crippen molar-refractivity contribution in [2.45, 2.75) is 19.9 Å². The molecule has 104 valence electrons. The number of nitrogens with zero attached hydrogens (tertiary/aromatic N) is 1. The van der Waals surface area contributed by atoms with Gasteiger partial charge in [-0.25, -0.2) is 0 Å². The van der Waals surface area contributed by atoms with Crippen molar-refractivity contribution in [1.29, 1.82) is 0 Å². The molecule has 0 radical (unpaired) electrons. The summed E-state index contributed by atoms with van der Waals surface area (Å²) in [6.45, 7) is 4.20. The lowest BCUT2D eigenvalue weighted by atomic mass is 10.1. The van der Waals surface area contributed by atoms with Gasteiger partial charge in [-0.05, 0) is 44.2 Å². The molecule has 0 spiro atoms. The van der Waals surface area contributed by atoms with Crippen LogP contribution in [0.1, 0.15) is 19.4 Å². The van der Waals surface area contributed by atoms with Crippen LogP contribution < -0.4 is 4.90 Å². The molecule has 0 heterocycles. The van der Waals surface area contributed by atoms with Crippen LogP contribution in [-0.4, -0.2) is 11.0 Å². The number of rotatable bonds is 3. The smallest absolute Gasteiger partial charge is 0.115 e. The highest BCUT2D eigenvalue weighted by Crippen LogP contribution is 2.26. The Kier molecular flexibility index (Phi) is 5.03. The lowest BCUT2D eigenvalue weighted by Gasteiger charge is -2.30. The lowest BCUT2D eigenvalue weighted by Crippen LogP contribution is -2.36. The number of anilines is 1. The maximum Gasteiger partial charge on any atom is 0.115 e. The molecule has 0 aromatic heterocycles. The predicted molar refractivity (Wildman–Crippen MR) is 92.2 cm³/mol. The minimum absolute atomic E-state index is 0.233. The van der Waals surface area contributed by atoms with Crippen LogP contribution in [0.4, 0.5) is 5.69 Å². The van der Waals surface area contributed by atoms with Crippen LogP contribution in [0.2, 0.25) is 10.0 Å². The summed E-state index contributed by atoms with van der Waals surface area (Å²) in [5.41, 5.74) is 1.88. The number of benzene rings is 2. The van der Waals surface area contributed by atoms with Gasteiger partial charge in [-0.2, -0.15) is 0 Å². The van der Waals surface area contributed by atoms with E-state index in [1.807, 2.05) is 36.4 Å². The summed E-state index contributed by atoms with van der Waals surface area (Å²) in [4.78, 5) is 2.79. The average Bonchev–Trinajstić information content (AvgIpc) is 2.39. The molecule has 4 heteroatoms. The van der Waals surface area contributed by atoms with Gasteiger partial charge in [0.25, 0.3) is 0 Å². The summed E-state index contributed by atoms with van der Waals surface area (Å²) < 4.78 is 0. The van der Waals surface area contributed by atoms with Crippen LogP contribution in [0.15, 0.2) is 48.5 Å². The molecular formula is C16H15Cl2NS. The molecule has 0 atom stereocenters. The van der Waals surface area contributed by atoms with Gasteiger partial charge >= 0.3 is 0 Å². The summed E-state index contributed by atoms with van der Waals surface area (Å²) in [5, 5.41) is 1.18. The standard InChI is InChI=1S/C16H15Cl2NS/c1-11(2)19(13-6-4-3-5-7-13)16(20)14-9-8-12(17)10-15(14)18/h3-11H,1-2H3. The molecular weight excluding hydrogens is 309 g/mol. The molecule has 0 aliphatic heterocycles. The van der Waals surface area contributed by atoms with Crippen LogP contribution >= 0.6 is 35.4 Å². The van der Waals surface area contributed by atoms with Gasteiger partial charge in [0.15, 0.2) is 0 Å². The second-order valence-corrected chi connectivity index (χ2v) is 5.96. The van der Waals surface area contributed by atoms with E-state index in [9.17, 15) is 0 Å². The van der Waals surface area contributed by atoms with E-state index in [4.69, 9.17) is 35.4 Å². The van der Waals surface area contributed by atoms with Crippen molar-refractivity contribution in [3.05, 3.63) is 64.1 Å². The quantitative estimate of drug-likeness (QED) is 0.678.